The van der Waals surface area contributed by atoms with Gasteiger partial charge in [0.25, 0.3) is 0 Å². The summed E-state index contributed by atoms with van der Waals surface area (Å²) in [6, 6.07) is 8.56. The minimum Gasteiger partial charge on any atom is -0.316 e. The van der Waals surface area contributed by atoms with Gasteiger partial charge >= 0.3 is 0 Å². The molecule has 1 saturated heterocycles. The lowest BCUT2D eigenvalue weighted by atomic mass is 10.0. The molecule has 3 heteroatoms. The van der Waals surface area contributed by atoms with Crippen molar-refractivity contribution in [3.8, 4) is 0 Å². The molecule has 1 aliphatic heterocycles. The van der Waals surface area contributed by atoms with Crippen molar-refractivity contribution >= 4 is 27.7 Å². The van der Waals surface area contributed by atoms with Crippen LogP contribution in [0.5, 0.6) is 0 Å². The number of rotatable bonds is 3. The Kier molecular flexibility index (Phi) is 4.54. The summed E-state index contributed by atoms with van der Waals surface area (Å²) < 4.78 is 1.18. The Morgan fingerprint density at radius 2 is 2.40 bits per heavy atom. The monoisotopic (exact) mass is 285 g/mol. The number of halogens is 1. The first kappa shape index (κ1) is 11.5. The van der Waals surface area contributed by atoms with Gasteiger partial charge in [-0.15, -0.1) is 11.8 Å². The van der Waals surface area contributed by atoms with Crippen molar-refractivity contribution in [3.05, 3.63) is 28.7 Å². The summed E-state index contributed by atoms with van der Waals surface area (Å²) in [5, 5.41) is 3.46. The SMILES string of the molecule is Brc1cccc(SCC2CCCNC2)c1. The second-order valence-electron chi connectivity index (χ2n) is 3.98. The van der Waals surface area contributed by atoms with Crippen LogP contribution < -0.4 is 5.32 Å². The van der Waals surface area contributed by atoms with Gasteiger partial charge in [-0.1, -0.05) is 22.0 Å². The Balaban J connectivity index is 1.81. The molecule has 0 amide bonds. The van der Waals surface area contributed by atoms with Crippen LogP contribution in [0.4, 0.5) is 0 Å². The summed E-state index contributed by atoms with van der Waals surface area (Å²) in [6.45, 7) is 2.40. The van der Waals surface area contributed by atoms with Gasteiger partial charge < -0.3 is 5.32 Å². The van der Waals surface area contributed by atoms with Gasteiger partial charge in [-0.25, -0.2) is 0 Å². The molecule has 0 saturated carbocycles. The minimum absolute atomic E-state index is 0.850. The van der Waals surface area contributed by atoms with Crippen LogP contribution in [-0.2, 0) is 0 Å². The normalized spacial score (nSPS) is 21.5. The Labute approximate surface area is 104 Å². The Hall–Kier alpha value is 0.01000. The van der Waals surface area contributed by atoms with Crippen molar-refractivity contribution in [2.45, 2.75) is 17.7 Å². The molecule has 1 atom stereocenters. The highest BCUT2D eigenvalue weighted by Gasteiger charge is 2.12. The molecule has 82 valence electrons. The zero-order valence-corrected chi connectivity index (χ0v) is 11.1. The van der Waals surface area contributed by atoms with Crippen molar-refractivity contribution in [3.63, 3.8) is 0 Å². The van der Waals surface area contributed by atoms with E-state index in [9.17, 15) is 0 Å². The van der Waals surface area contributed by atoms with E-state index in [0.717, 1.165) is 5.92 Å². The third-order valence-corrected chi connectivity index (χ3v) is 4.40. The van der Waals surface area contributed by atoms with E-state index in [2.05, 4.69) is 45.5 Å². The molecule has 1 N–H and O–H groups in total. The fourth-order valence-electron chi connectivity index (χ4n) is 1.84. The maximum absolute atomic E-state index is 3.50. The van der Waals surface area contributed by atoms with Crippen molar-refractivity contribution in [1.29, 1.82) is 0 Å². The van der Waals surface area contributed by atoms with Crippen LogP contribution in [0.1, 0.15) is 12.8 Å². The highest BCUT2D eigenvalue weighted by molar-refractivity contribution is 9.10. The first-order valence-electron chi connectivity index (χ1n) is 5.44. The molecule has 0 aromatic heterocycles. The van der Waals surface area contributed by atoms with Crippen LogP contribution >= 0.6 is 27.7 Å². The van der Waals surface area contributed by atoms with Gasteiger partial charge in [-0.05, 0) is 50.0 Å². The van der Waals surface area contributed by atoms with Crippen molar-refractivity contribution in [2.75, 3.05) is 18.8 Å². The van der Waals surface area contributed by atoms with Crippen LogP contribution in [0.25, 0.3) is 0 Å². The zero-order chi connectivity index (χ0) is 10.5. The summed E-state index contributed by atoms with van der Waals surface area (Å²) in [7, 11) is 0. The first-order chi connectivity index (χ1) is 7.34. The predicted octanol–water partition coefficient (Wildman–Crippen LogP) is 3.54. The summed E-state index contributed by atoms with van der Waals surface area (Å²) in [4.78, 5) is 1.37. The molecule has 0 radical (unpaired) electrons. The largest absolute Gasteiger partial charge is 0.316 e. The lowest BCUT2D eigenvalue weighted by Crippen LogP contribution is -2.30. The summed E-state index contributed by atoms with van der Waals surface area (Å²) in [6.07, 6.45) is 2.72. The van der Waals surface area contributed by atoms with E-state index in [-0.39, 0.29) is 0 Å². The summed E-state index contributed by atoms with van der Waals surface area (Å²) in [5.74, 6) is 2.09. The number of thioether (sulfide) groups is 1. The third kappa shape index (κ3) is 3.82. The Morgan fingerprint density at radius 1 is 1.47 bits per heavy atom. The molecule has 0 aliphatic carbocycles. The molecule has 1 nitrogen and oxygen atoms in total. The van der Waals surface area contributed by atoms with E-state index in [0.29, 0.717) is 0 Å². The van der Waals surface area contributed by atoms with E-state index < -0.39 is 0 Å². The highest BCUT2D eigenvalue weighted by atomic mass is 79.9. The van der Waals surface area contributed by atoms with Crippen LogP contribution in [0.2, 0.25) is 0 Å². The predicted molar refractivity (Wildman–Crippen MR) is 70.5 cm³/mol. The van der Waals surface area contributed by atoms with Crippen LogP contribution in [-0.4, -0.2) is 18.8 Å². The standard InChI is InChI=1S/C12H16BrNS/c13-11-4-1-5-12(7-11)15-9-10-3-2-6-14-8-10/h1,4-5,7,10,14H,2-3,6,8-9H2. The molecule has 1 fully saturated rings. The van der Waals surface area contributed by atoms with Gasteiger partial charge in [0.1, 0.15) is 0 Å². The van der Waals surface area contributed by atoms with E-state index >= 15 is 0 Å². The number of benzene rings is 1. The topological polar surface area (TPSA) is 12.0 Å². The van der Waals surface area contributed by atoms with Crippen LogP contribution in [0.3, 0.4) is 0 Å². The number of hydrogen-bond acceptors (Lipinski definition) is 2. The number of hydrogen-bond donors (Lipinski definition) is 1. The number of nitrogens with one attached hydrogen (secondary N) is 1. The van der Waals surface area contributed by atoms with Gasteiger partial charge in [0.15, 0.2) is 0 Å². The molecule has 1 aromatic rings. The van der Waals surface area contributed by atoms with Crippen molar-refractivity contribution < 1.29 is 0 Å². The minimum atomic E-state index is 0.850. The second kappa shape index (κ2) is 5.92. The Morgan fingerprint density at radius 3 is 3.13 bits per heavy atom. The molecule has 1 aromatic carbocycles. The molecule has 1 heterocycles. The quantitative estimate of drug-likeness (QED) is 0.853. The highest BCUT2D eigenvalue weighted by Crippen LogP contribution is 2.25. The lowest BCUT2D eigenvalue weighted by molar-refractivity contribution is 0.410. The van der Waals surface area contributed by atoms with Gasteiger partial charge in [0, 0.05) is 15.1 Å². The van der Waals surface area contributed by atoms with Gasteiger partial charge in [-0.2, -0.15) is 0 Å². The first-order valence-corrected chi connectivity index (χ1v) is 7.21. The average Bonchev–Trinajstić information content (AvgIpc) is 2.28. The van der Waals surface area contributed by atoms with Crippen LogP contribution in [0, 0.1) is 5.92 Å². The van der Waals surface area contributed by atoms with Gasteiger partial charge in [0.05, 0.1) is 0 Å². The second-order valence-corrected chi connectivity index (χ2v) is 5.99. The van der Waals surface area contributed by atoms with E-state index in [1.807, 2.05) is 11.8 Å². The molecule has 2 rings (SSSR count). The molecular formula is C12H16BrNS. The fourth-order valence-corrected chi connectivity index (χ4v) is 3.49. The van der Waals surface area contributed by atoms with Gasteiger partial charge in [-0.3, -0.25) is 0 Å². The lowest BCUT2D eigenvalue weighted by Gasteiger charge is -2.22. The maximum atomic E-state index is 3.50. The Bertz CT molecular complexity index is 310. The molecule has 0 bridgehead atoms. The van der Waals surface area contributed by atoms with E-state index in [1.54, 1.807) is 0 Å². The van der Waals surface area contributed by atoms with E-state index in [1.165, 1.54) is 41.1 Å². The maximum Gasteiger partial charge on any atom is 0.0186 e. The molecular weight excluding hydrogens is 270 g/mol. The molecule has 0 spiro atoms. The molecule has 15 heavy (non-hydrogen) atoms. The van der Waals surface area contributed by atoms with Crippen molar-refractivity contribution in [2.24, 2.45) is 5.92 Å². The summed E-state index contributed by atoms with van der Waals surface area (Å²) in [5.41, 5.74) is 0. The zero-order valence-electron chi connectivity index (χ0n) is 8.71. The average molecular weight is 286 g/mol. The third-order valence-electron chi connectivity index (χ3n) is 2.68. The van der Waals surface area contributed by atoms with Gasteiger partial charge in [0.2, 0.25) is 0 Å². The smallest absolute Gasteiger partial charge is 0.0186 e. The molecule has 1 unspecified atom stereocenters. The fraction of sp³-hybridized carbons (Fsp3) is 0.500. The van der Waals surface area contributed by atoms with Crippen LogP contribution in [0.15, 0.2) is 33.6 Å². The van der Waals surface area contributed by atoms with Crippen molar-refractivity contribution in [1.82, 2.24) is 5.32 Å². The molecule has 1 aliphatic rings. The number of piperidine rings is 1. The van der Waals surface area contributed by atoms with E-state index in [4.69, 9.17) is 0 Å². The summed E-state index contributed by atoms with van der Waals surface area (Å²) >= 11 is 5.47.